The lowest BCUT2D eigenvalue weighted by Gasteiger charge is -2.22. The Morgan fingerprint density at radius 3 is 2.59 bits per heavy atom. The highest BCUT2D eigenvalue weighted by atomic mass is 19.1. The van der Waals surface area contributed by atoms with Gasteiger partial charge in [-0.2, -0.15) is 0 Å². The first-order valence-corrected chi connectivity index (χ1v) is 9.25. The highest BCUT2D eigenvalue weighted by molar-refractivity contribution is 5.95. The molecule has 2 heterocycles. The smallest absolute Gasteiger partial charge is 0.270 e. The van der Waals surface area contributed by atoms with Crippen molar-refractivity contribution in [3.05, 3.63) is 65.1 Å². The molecule has 154 valence electrons. The average molecular weight is 402 g/mol. The minimum atomic E-state index is -0.681. The van der Waals surface area contributed by atoms with Gasteiger partial charge in [0.1, 0.15) is 23.9 Å². The molecule has 0 fully saturated rings. The first-order valence-electron chi connectivity index (χ1n) is 9.25. The van der Waals surface area contributed by atoms with Gasteiger partial charge in [0.2, 0.25) is 0 Å². The van der Waals surface area contributed by atoms with E-state index >= 15 is 0 Å². The lowest BCUT2D eigenvalue weighted by Crippen LogP contribution is -2.39. The van der Waals surface area contributed by atoms with Gasteiger partial charge in [0, 0.05) is 12.7 Å². The van der Waals surface area contributed by atoms with Gasteiger partial charge in [-0.25, -0.2) is 13.8 Å². The number of amides is 1. The van der Waals surface area contributed by atoms with Gasteiger partial charge in [-0.1, -0.05) is 19.9 Å². The number of rotatable bonds is 7. The van der Waals surface area contributed by atoms with E-state index in [4.69, 9.17) is 10.5 Å². The van der Waals surface area contributed by atoms with Gasteiger partial charge in [0.05, 0.1) is 11.3 Å². The van der Waals surface area contributed by atoms with E-state index < -0.39 is 11.6 Å². The van der Waals surface area contributed by atoms with E-state index in [0.717, 1.165) is 0 Å². The summed E-state index contributed by atoms with van der Waals surface area (Å²) in [5.74, 6) is -1.33. The molecule has 0 unspecified atom stereocenters. The molecule has 1 aromatic carbocycles. The number of benzene rings is 1. The van der Waals surface area contributed by atoms with Crippen LogP contribution < -0.4 is 15.8 Å². The number of halogens is 2. The molecule has 0 radical (unpaired) electrons. The molecule has 0 aliphatic heterocycles. The summed E-state index contributed by atoms with van der Waals surface area (Å²) >= 11 is 0. The van der Waals surface area contributed by atoms with Crippen LogP contribution >= 0.6 is 0 Å². The zero-order chi connectivity index (χ0) is 21.2. The third kappa shape index (κ3) is 4.37. The quantitative estimate of drug-likeness (QED) is 0.636. The number of nitrogens with two attached hydrogens (primary N) is 1. The Morgan fingerprint density at radius 1 is 1.24 bits per heavy atom. The monoisotopic (exact) mass is 402 g/mol. The van der Waals surface area contributed by atoms with Crippen molar-refractivity contribution in [3.63, 3.8) is 0 Å². The van der Waals surface area contributed by atoms with E-state index in [1.807, 2.05) is 13.8 Å². The van der Waals surface area contributed by atoms with Crippen molar-refractivity contribution in [2.24, 2.45) is 11.1 Å². The number of hydrogen-bond donors (Lipinski definition) is 2. The normalized spacial score (nSPS) is 11.7. The van der Waals surface area contributed by atoms with Crippen LogP contribution in [0.1, 0.15) is 35.6 Å². The second kappa shape index (κ2) is 8.16. The molecule has 0 bridgehead atoms. The summed E-state index contributed by atoms with van der Waals surface area (Å²) in [4.78, 5) is 17.2. The van der Waals surface area contributed by atoms with Crippen LogP contribution in [0.5, 0.6) is 5.75 Å². The van der Waals surface area contributed by atoms with Crippen LogP contribution in [0.2, 0.25) is 0 Å². The van der Waals surface area contributed by atoms with E-state index in [1.54, 1.807) is 29.7 Å². The number of pyridine rings is 1. The van der Waals surface area contributed by atoms with Crippen LogP contribution in [0.15, 0.2) is 36.5 Å². The van der Waals surface area contributed by atoms with Gasteiger partial charge >= 0.3 is 0 Å². The van der Waals surface area contributed by atoms with Crippen molar-refractivity contribution in [1.29, 1.82) is 0 Å². The van der Waals surface area contributed by atoms with Gasteiger partial charge < -0.3 is 15.8 Å². The van der Waals surface area contributed by atoms with Gasteiger partial charge in [-0.05, 0) is 43.1 Å². The molecule has 6 nitrogen and oxygen atoms in total. The Kier molecular flexibility index (Phi) is 5.83. The maximum Gasteiger partial charge on any atom is 0.270 e. The van der Waals surface area contributed by atoms with Gasteiger partial charge in [0.15, 0.2) is 11.4 Å². The molecule has 0 spiro atoms. The number of carbonyl (C=O) groups is 1. The molecule has 3 rings (SSSR count). The van der Waals surface area contributed by atoms with Crippen LogP contribution in [0.3, 0.4) is 0 Å². The van der Waals surface area contributed by atoms with Crippen LogP contribution in [0.4, 0.5) is 8.78 Å². The zero-order valence-corrected chi connectivity index (χ0v) is 16.6. The molecule has 0 aliphatic rings. The molecule has 0 aliphatic carbocycles. The molecule has 3 N–H and O–H groups in total. The number of hydrogen-bond acceptors (Lipinski definition) is 4. The summed E-state index contributed by atoms with van der Waals surface area (Å²) in [5.41, 5.74) is 6.59. The Labute approximate surface area is 167 Å². The SMILES string of the molecule is Cc1nc2c(OCc3c(F)cccc3F)cccn2c1C(=O)NCC(C)(C)CN. The number of imidazole rings is 1. The van der Waals surface area contributed by atoms with Crippen molar-refractivity contribution in [2.45, 2.75) is 27.4 Å². The molecule has 3 aromatic rings. The molecular weight excluding hydrogens is 378 g/mol. The molecule has 1 amide bonds. The van der Waals surface area contributed by atoms with E-state index in [0.29, 0.717) is 35.9 Å². The second-order valence-corrected chi connectivity index (χ2v) is 7.65. The summed E-state index contributed by atoms with van der Waals surface area (Å²) in [7, 11) is 0. The minimum absolute atomic E-state index is 0.167. The summed E-state index contributed by atoms with van der Waals surface area (Å²) in [6, 6.07) is 6.96. The van der Waals surface area contributed by atoms with Crippen LogP contribution in [0, 0.1) is 24.0 Å². The molecule has 0 atom stereocenters. The molecular formula is C21H24F2N4O2. The number of nitrogens with one attached hydrogen (secondary N) is 1. The highest BCUT2D eigenvalue weighted by Gasteiger charge is 2.22. The fourth-order valence-corrected chi connectivity index (χ4v) is 2.84. The molecule has 2 aromatic heterocycles. The fourth-order valence-electron chi connectivity index (χ4n) is 2.84. The van der Waals surface area contributed by atoms with Gasteiger partial charge in [-0.3, -0.25) is 9.20 Å². The Balaban J connectivity index is 1.87. The maximum atomic E-state index is 13.8. The third-order valence-electron chi connectivity index (χ3n) is 4.72. The highest BCUT2D eigenvalue weighted by Crippen LogP contribution is 2.24. The zero-order valence-electron chi connectivity index (χ0n) is 16.6. The first-order chi connectivity index (χ1) is 13.7. The maximum absolute atomic E-state index is 13.8. The van der Waals surface area contributed by atoms with E-state index in [2.05, 4.69) is 10.3 Å². The lowest BCUT2D eigenvalue weighted by atomic mass is 9.94. The number of carbonyl (C=O) groups excluding carboxylic acids is 1. The van der Waals surface area contributed by atoms with Crippen molar-refractivity contribution < 1.29 is 18.3 Å². The molecule has 0 saturated heterocycles. The third-order valence-corrected chi connectivity index (χ3v) is 4.72. The Morgan fingerprint density at radius 2 is 1.93 bits per heavy atom. The van der Waals surface area contributed by atoms with E-state index in [-0.39, 0.29) is 23.5 Å². The number of fused-ring (bicyclic) bond motifs is 1. The minimum Gasteiger partial charge on any atom is -0.485 e. The second-order valence-electron chi connectivity index (χ2n) is 7.65. The van der Waals surface area contributed by atoms with E-state index in [1.165, 1.54) is 18.2 Å². The molecule has 0 saturated carbocycles. The molecule has 8 heteroatoms. The van der Waals surface area contributed by atoms with Gasteiger partial charge in [0.25, 0.3) is 5.91 Å². The topological polar surface area (TPSA) is 81.7 Å². The molecule has 29 heavy (non-hydrogen) atoms. The standard InChI is InChI=1S/C21H24F2N4O2/c1-13-18(20(28)25-12-21(2,3)11-24)27-9-5-8-17(19(27)26-13)29-10-14-15(22)6-4-7-16(14)23/h4-9H,10-12,24H2,1-3H3,(H,25,28). The van der Waals surface area contributed by atoms with Crippen molar-refractivity contribution in [1.82, 2.24) is 14.7 Å². The Hall–Kier alpha value is -3.00. The predicted octanol–water partition coefficient (Wildman–Crippen LogP) is 3.21. The predicted molar refractivity (Wildman–Crippen MR) is 106 cm³/mol. The largest absolute Gasteiger partial charge is 0.485 e. The van der Waals surface area contributed by atoms with E-state index in [9.17, 15) is 13.6 Å². The number of ether oxygens (including phenoxy) is 1. The number of aryl methyl sites for hydroxylation is 1. The number of nitrogens with zero attached hydrogens (tertiary/aromatic N) is 2. The van der Waals surface area contributed by atoms with Crippen molar-refractivity contribution in [2.75, 3.05) is 13.1 Å². The average Bonchev–Trinajstić information content (AvgIpc) is 3.02. The Bertz CT molecular complexity index is 1030. The summed E-state index contributed by atoms with van der Waals surface area (Å²) < 4.78 is 34.9. The van der Waals surface area contributed by atoms with Crippen LogP contribution in [0.25, 0.3) is 5.65 Å². The summed E-state index contributed by atoms with van der Waals surface area (Å²) in [5, 5.41) is 2.88. The van der Waals surface area contributed by atoms with Gasteiger partial charge in [-0.15, -0.1) is 0 Å². The van der Waals surface area contributed by atoms with Crippen LogP contribution in [-0.4, -0.2) is 28.4 Å². The summed E-state index contributed by atoms with van der Waals surface area (Å²) in [6.45, 7) is 6.19. The van der Waals surface area contributed by atoms with Crippen LogP contribution in [-0.2, 0) is 6.61 Å². The van der Waals surface area contributed by atoms with Crippen molar-refractivity contribution in [3.8, 4) is 5.75 Å². The number of aromatic nitrogens is 2. The fraction of sp³-hybridized carbons (Fsp3) is 0.333. The van der Waals surface area contributed by atoms with Crippen molar-refractivity contribution >= 4 is 11.6 Å². The lowest BCUT2D eigenvalue weighted by molar-refractivity contribution is 0.0931. The summed E-state index contributed by atoms with van der Waals surface area (Å²) in [6.07, 6.45) is 1.69. The first kappa shape index (κ1) is 20.7.